The molecule has 9 rings (SSSR count). The number of carboxylic acids is 1. The molecule has 6 N–H and O–H groups in total. The zero-order valence-electron chi connectivity index (χ0n) is 64.0. The Bertz CT molecular complexity index is 3990. The molecule has 31 nitrogen and oxygen atoms in total. The number of hydrogen-bond donors (Lipinski definition) is 6. The number of amides is 2. The second-order valence-corrected chi connectivity index (χ2v) is 33.4. The number of esters is 1. The van der Waals surface area contributed by atoms with Crippen molar-refractivity contribution in [3.8, 4) is 17.2 Å². The number of methoxy groups -OCH3 is 2. The molecule has 4 heterocycles. The summed E-state index contributed by atoms with van der Waals surface area (Å²) >= 11 is 0. The molecule has 0 spiro atoms. The van der Waals surface area contributed by atoms with Crippen molar-refractivity contribution >= 4 is 64.2 Å². The third kappa shape index (κ3) is 29.7. The van der Waals surface area contributed by atoms with Crippen molar-refractivity contribution in [2.24, 2.45) is 23.7 Å². The van der Waals surface area contributed by atoms with Gasteiger partial charge in [-0.3, -0.25) is 14.1 Å². The summed E-state index contributed by atoms with van der Waals surface area (Å²) in [6, 6.07) is 33.0. The maximum atomic E-state index is 13.9. The Kier molecular flexibility index (Phi) is 38.0. The summed E-state index contributed by atoms with van der Waals surface area (Å²) in [5.41, 5.74) is 2.86. The van der Waals surface area contributed by atoms with Crippen molar-refractivity contribution in [2.75, 3.05) is 86.1 Å². The number of fused-ring (bicyclic) bond motifs is 2. The third-order valence-electron chi connectivity index (χ3n) is 17.9. The summed E-state index contributed by atoms with van der Waals surface area (Å²) in [7, 11) is -8.85. The van der Waals surface area contributed by atoms with E-state index < -0.39 is 107 Å². The smallest absolute Gasteiger partial charge is 0.407 e. The normalized spacial score (nSPS) is 19.6. The molecule has 1 unspecified atom stereocenters. The first kappa shape index (κ1) is 91.6. The zero-order valence-corrected chi connectivity index (χ0v) is 66.6. The summed E-state index contributed by atoms with van der Waals surface area (Å²) in [6.07, 6.45) is -2.32. The highest BCUT2D eigenvalue weighted by Crippen LogP contribution is 2.49. The lowest BCUT2D eigenvalue weighted by atomic mass is 10.00. The van der Waals surface area contributed by atoms with Gasteiger partial charge in [0.15, 0.2) is 18.7 Å². The number of rotatable bonds is 39. The van der Waals surface area contributed by atoms with E-state index in [0.717, 1.165) is 35.8 Å². The molecule has 34 heteroatoms. The minimum absolute atomic E-state index is 0.0333. The van der Waals surface area contributed by atoms with Crippen molar-refractivity contribution in [1.29, 1.82) is 0 Å². The fourth-order valence-corrected chi connectivity index (χ4v) is 17.2. The second kappa shape index (κ2) is 46.1. The lowest BCUT2D eigenvalue weighted by Gasteiger charge is -2.31. The second-order valence-electron chi connectivity index (χ2n) is 27.4. The number of unbranched alkanes of at least 4 members (excludes halogenated alkanes) is 1. The molecule has 0 aliphatic carbocycles. The van der Waals surface area contributed by atoms with Crippen molar-refractivity contribution in [3.05, 3.63) is 150 Å². The predicted molar refractivity (Wildman–Crippen MR) is 403 cm³/mol. The van der Waals surface area contributed by atoms with E-state index >= 15 is 0 Å². The highest BCUT2D eigenvalue weighted by molar-refractivity contribution is 7.89. The van der Waals surface area contributed by atoms with Crippen molar-refractivity contribution in [3.63, 3.8) is 0 Å². The van der Waals surface area contributed by atoms with Gasteiger partial charge in [-0.05, 0) is 135 Å². The predicted octanol–water partition coefficient (Wildman–Crippen LogP) is 8.42. The quantitative estimate of drug-likeness (QED) is 0.00706. The molecule has 0 saturated carbocycles. The number of carbonyl (C=O) groups excluding carboxylic acids is 6. The number of para-hydroxylation sites is 1. The van der Waals surface area contributed by atoms with Crippen molar-refractivity contribution in [1.82, 2.24) is 24.6 Å². The molecule has 4 aliphatic rings. The van der Waals surface area contributed by atoms with Gasteiger partial charge in [0.2, 0.25) is 20.0 Å². The Morgan fingerprint density at radius 1 is 0.622 bits per heavy atom. The molecule has 0 aromatic heterocycles. The summed E-state index contributed by atoms with van der Waals surface area (Å²) in [5.74, 6) is -0.235. The van der Waals surface area contributed by atoms with Crippen LogP contribution in [0.15, 0.2) is 137 Å². The lowest BCUT2D eigenvalue weighted by Crippen LogP contribution is -2.51. The lowest BCUT2D eigenvalue weighted by molar-refractivity contribution is -0.191. The molecule has 5 aromatic rings. The van der Waals surface area contributed by atoms with Crippen LogP contribution in [0.3, 0.4) is 0 Å². The number of alkyl carbamates (subject to hydrolysis) is 2. The van der Waals surface area contributed by atoms with Gasteiger partial charge in [-0.25, -0.2) is 35.8 Å². The summed E-state index contributed by atoms with van der Waals surface area (Å²) in [4.78, 5) is 75.8. The van der Waals surface area contributed by atoms with Gasteiger partial charge in [0.25, 0.3) is 0 Å². The first-order valence-electron chi connectivity index (χ1n) is 36.8. The molecule has 612 valence electrons. The van der Waals surface area contributed by atoms with Gasteiger partial charge in [-0.2, -0.15) is 18.2 Å². The number of aldehydes is 1. The average molecular weight is 1610 g/mol. The number of hydrogen-bond acceptors (Lipinski definition) is 26. The molecule has 111 heavy (non-hydrogen) atoms. The Labute approximate surface area is 649 Å². The number of sulfonamides is 2. The van der Waals surface area contributed by atoms with Gasteiger partial charge >= 0.3 is 37.9 Å². The van der Waals surface area contributed by atoms with Crippen LogP contribution in [0.25, 0.3) is 0 Å². The number of aliphatic carboxylic acids is 1. The molecular weight excluding hydrogens is 1510 g/mol. The van der Waals surface area contributed by atoms with E-state index in [2.05, 4.69) is 16.0 Å². The van der Waals surface area contributed by atoms with E-state index in [1.807, 2.05) is 58.9 Å². The van der Waals surface area contributed by atoms with E-state index in [1.165, 1.54) is 54.0 Å². The highest BCUT2D eigenvalue weighted by atomic mass is 32.2. The van der Waals surface area contributed by atoms with E-state index in [-0.39, 0.29) is 111 Å². The zero-order chi connectivity index (χ0) is 81.3. The van der Waals surface area contributed by atoms with E-state index in [0.29, 0.717) is 61.8 Å². The number of nitrogens with one attached hydrogen (secondary N) is 3. The molecular formula is C77H106N5O26PS2. The monoisotopic (exact) mass is 1610 g/mol. The van der Waals surface area contributed by atoms with Gasteiger partial charge in [0.05, 0.1) is 99.3 Å². The summed E-state index contributed by atoms with van der Waals surface area (Å²) < 4.78 is 132. The Morgan fingerprint density at radius 3 is 1.46 bits per heavy atom. The van der Waals surface area contributed by atoms with Crippen LogP contribution in [0.1, 0.15) is 108 Å². The first-order chi connectivity index (χ1) is 53.0. The number of nitrogens with zero attached hydrogens (tertiary/aromatic N) is 2. The first-order valence-corrected chi connectivity index (χ1v) is 41.4. The minimum Gasteiger partial charge on any atom is -0.497 e. The maximum absolute atomic E-state index is 13.9. The van der Waals surface area contributed by atoms with E-state index in [1.54, 1.807) is 85.8 Å². The largest absolute Gasteiger partial charge is 0.497 e. The van der Waals surface area contributed by atoms with E-state index in [4.69, 9.17) is 66.4 Å². The van der Waals surface area contributed by atoms with Gasteiger partial charge in [-0.15, -0.1) is 0 Å². The fraction of sp³-hybridized carbons (Fsp3) is 0.532. The van der Waals surface area contributed by atoms with Gasteiger partial charge in [-0.1, -0.05) is 108 Å². The Morgan fingerprint density at radius 2 is 1.06 bits per heavy atom. The van der Waals surface area contributed by atoms with E-state index in [9.17, 15) is 55.6 Å². The Hall–Kier alpha value is -8.24. The molecule has 5 aromatic carbocycles. The van der Waals surface area contributed by atoms with Crippen LogP contribution in [-0.2, 0) is 101 Å². The molecule has 12 atom stereocenters. The molecule has 2 amide bonds. The number of carboxylic acid groups (broad SMARTS) is 1. The number of benzene rings is 5. The molecule has 0 bridgehead atoms. The van der Waals surface area contributed by atoms with Crippen LogP contribution in [0.5, 0.6) is 17.2 Å². The minimum atomic E-state index is -4.05. The molecule has 0 radical (unpaired) electrons. The van der Waals surface area contributed by atoms with Crippen LogP contribution >= 0.6 is 7.60 Å². The summed E-state index contributed by atoms with van der Waals surface area (Å²) in [6.45, 7) is 14.6. The Balaban J connectivity index is 0.000000325. The van der Waals surface area contributed by atoms with Gasteiger partial charge in [0.1, 0.15) is 35.7 Å². The number of ether oxygens (including phenoxy) is 9. The number of aliphatic hydroxyl groups is 2. The van der Waals surface area contributed by atoms with Crippen molar-refractivity contribution in [2.45, 2.75) is 165 Å². The molecule has 4 saturated heterocycles. The van der Waals surface area contributed by atoms with Gasteiger partial charge < -0.3 is 78.4 Å². The third-order valence-corrected chi connectivity index (χ3v) is 23.5. The summed E-state index contributed by atoms with van der Waals surface area (Å²) in [5, 5.41) is 40.0. The fourth-order valence-electron chi connectivity index (χ4n) is 12.2. The van der Waals surface area contributed by atoms with Crippen LogP contribution in [0.4, 0.5) is 9.59 Å². The molecule has 4 aliphatic heterocycles. The maximum Gasteiger partial charge on any atom is 0.407 e. The highest BCUT2D eigenvalue weighted by Gasteiger charge is 2.46. The topological polar surface area (TPSA) is 410 Å². The van der Waals surface area contributed by atoms with Crippen LogP contribution < -0.4 is 29.9 Å². The van der Waals surface area contributed by atoms with Gasteiger partial charge in [0, 0.05) is 51.3 Å². The van der Waals surface area contributed by atoms with Crippen LogP contribution in [-0.4, -0.2) is 219 Å². The number of carbonyl (C=O) groups is 5. The standard InChI is InChI=1S/C42H58N3O13PS.C29H38N2O9S.C5H10O2.CO2/c1-6-53-40(47)30(4)57-59(49,58-34-10-8-7-9-11-34)23-21-43-25-32-14-12-31(13-15-32)24-37(44-42(48)56-39-28-55-41-36(39)20-22-54-41)38(46)27-45(26-29(2)3)60(50,51)35-18-16-33(52-5)17-19-35;1-19(2)15-31(41(35,36)23-10-8-22(37-3)9-11-23)16-26(33)25(14-20-4-6-21(17-32)7-5-20)30-29(34)40-27-18-39-28-24(27)12-13-38-28;1-2-3-4-5(6)7;2-1-3/h7-19,29-30,36-39,41,43,46H,6,20-28H2,1-5H3,(H,44,48);4-11,17,19,24-28,33H,12-16,18H2,1-3H3,(H,30,34);2-4H2,1H3,(H,6,7);/t30-,36-,37-,38+,39-,41+,59?;24-,25-,26+,27-,28+;;/m00../s1. The van der Waals surface area contributed by atoms with Crippen LogP contribution in [0, 0.1) is 23.7 Å². The average Bonchev–Trinajstić information content (AvgIpc) is 1.29. The molecule has 4 fully saturated rings. The van der Waals surface area contributed by atoms with Crippen LogP contribution in [0.2, 0.25) is 0 Å². The number of aliphatic hydroxyl groups excluding tert-OH is 2. The van der Waals surface area contributed by atoms with Crippen molar-refractivity contribution < 1.29 is 122 Å². The SMILES string of the molecule is CCCCC(=O)O.CCOC(=O)[C@H](C)OP(=O)(CCNCc1ccc(C[C@H](NC(=O)O[C@H]2CO[C@H]3OCC[C@H]32)[C@H](O)CN(CC(C)C)S(=O)(=O)c2ccc(OC)cc2)cc1)Oc1ccccc1.COc1ccc(S(=O)(=O)N(CC(C)C)C[C@@H](O)[C@H](Cc2ccc(C=O)cc2)NC(=O)O[C@H]2CO[C@H]3OCC[C@H]32)cc1.O=C=O.